The molecule has 1 unspecified atom stereocenters. The summed E-state index contributed by atoms with van der Waals surface area (Å²) in [6, 6.07) is 3.73. The van der Waals surface area contributed by atoms with E-state index in [-0.39, 0.29) is 11.9 Å². The summed E-state index contributed by atoms with van der Waals surface area (Å²) < 4.78 is 16.1. The number of ether oxygens (including phenoxy) is 3. The van der Waals surface area contributed by atoms with Gasteiger partial charge in [0.15, 0.2) is 11.5 Å². The van der Waals surface area contributed by atoms with Gasteiger partial charge in [-0.15, -0.1) is 0 Å². The number of hydrogen-bond donors (Lipinski definition) is 2. The van der Waals surface area contributed by atoms with Crippen LogP contribution in [-0.2, 0) is 11.2 Å². The molecule has 0 bridgehead atoms. The van der Waals surface area contributed by atoms with Crippen LogP contribution in [0.25, 0.3) is 0 Å². The molecule has 1 aliphatic heterocycles. The van der Waals surface area contributed by atoms with Gasteiger partial charge in [-0.1, -0.05) is 6.07 Å². The molecule has 1 atom stereocenters. The third-order valence-corrected chi connectivity index (χ3v) is 3.86. The van der Waals surface area contributed by atoms with Crippen LogP contribution < -0.4 is 24.8 Å². The number of carbonyl (C=O) groups excluding carboxylic acids is 1. The van der Waals surface area contributed by atoms with Crippen molar-refractivity contribution in [1.82, 2.24) is 10.6 Å². The average Bonchev–Trinajstić information content (AvgIpc) is 3.08. The zero-order valence-electron chi connectivity index (χ0n) is 13.4. The Morgan fingerprint density at radius 3 is 2.59 bits per heavy atom. The molecule has 0 aliphatic carbocycles. The van der Waals surface area contributed by atoms with Crippen molar-refractivity contribution in [3.8, 4) is 17.2 Å². The van der Waals surface area contributed by atoms with E-state index in [9.17, 15) is 4.79 Å². The lowest BCUT2D eigenvalue weighted by molar-refractivity contribution is -0.122. The molecule has 1 saturated heterocycles. The third kappa shape index (κ3) is 3.62. The van der Waals surface area contributed by atoms with E-state index in [1.54, 1.807) is 21.3 Å². The van der Waals surface area contributed by atoms with E-state index < -0.39 is 0 Å². The summed E-state index contributed by atoms with van der Waals surface area (Å²) in [7, 11) is 4.77. The molecule has 0 aromatic heterocycles. The van der Waals surface area contributed by atoms with Crippen molar-refractivity contribution in [2.75, 3.05) is 34.4 Å². The molecule has 1 aromatic carbocycles. The monoisotopic (exact) mass is 308 g/mol. The van der Waals surface area contributed by atoms with E-state index in [1.807, 2.05) is 12.1 Å². The molecule has 1 amide bonds. The molecule has 1 fully saturated rings. The number of carbonyl (C=O) groups is 1. The van der Waals surface area contributed by atoms with Crippen LogP contribution >= 0.6 is 0 Å². The molecule has 1 aliphatic rings. The van der Waals surface area contributed by atoms with Crippen LogP contribution in [0.3, 0.4) is 0 Å². The van der Waals surface area contributed by atoms with E-state index in [2.05, 4.69) is 10.6 Å². The molecule has 2 N–H and O–H groups in total. The summed E-state index contributed by atoms with van der Waals surface area (Å²) in [4.78, 5) is 12.0. The van der Waals surface area contributed by atoms with Crippen LogP contribution in [0.15, 0.2) is 12.1 Å². The summed E-state index contributed by atoms with van der Waals surface area (Å²) in [5, 5.41) is 6.15. The van der Waals surface area contributed by atoms with Crippen molar-refractivity contribution in [3.63, 3.8) is 0 Å². The molecular weight excluding hydrogens is 284 g/mol. The standard InChI is InChI=1S/C16H24N2O4/c1-20-13-7-6-11(14(21-2)15(13)22-3)8-10-18-16(19)12-5-4-9-17-12/h6-7,12,17H,4-5,8-10H2,1-3H3,(H,18,19). The predicted molar refractivity (Wildman–Crippen MR) is 83.8 cm³/mol. The van der Waals surface area contributed by atoms with E-state index in [0.717, 1.165) is 24.9 Å². The Kier molecular flexibility index (Phi) is 5.89. The summed E-state index contributed by atoms with van der Waals surface area (Å²) in [5.41, 5.74) is 0.972. The normalized spacial score (nSPS) is 17.1. The maximum absolute atomic E-state index is 12.0. The van der Waals surface area contributed by atoms with Gasteiger partial charge >= 0.3 is 0 Å². The van der Waals surface area contributed by atoms with Crippen molar-refractivity contribution >= 4 is 5.91 Å². The molecule has 0 spiro atoms. The quantitative estimate of drug-likeness (QED) is 0.790. The largest absolute Gasteiger partial charge is 0.493 e. The van der Waals surface area contributed by atoms with Crippen LogP contribution in [0.4, 0.5) is 0 Å². The predicted octanol–water partition coefficient (Wildman–Crippen LogP) is 1.12. The first-order valence-electron chi connectivity index (χ1n) is 7.50. The first-order chi connectivity index (χ1) is 10.7. The van der Waals surface area contributed by atoms with Gasteiger partial charge in [0, 0.05) is 12.1 Å². The van der Waals surface area contributed by atoms with Crippen LogP contribution in [0.1, 0.15) is 18.4 Å². The van der Waals surface area contributed by atoms with Gasteiger partial charge in [-0.3, -0.25) is 4.79 Å². The molecule has 1 aromatic rings. The van der Waals surface area contributed by atoms with Crippen LogP contribution in [0, 0.1) is 0 Å². The second kappa shape index (κ2) is 7.89. The average molecular weight is 308 g/mol. The van der Waals surface area contributed by atoms with Crippen LogP contribution in [0.2, 0.25) is 0 Å². The second-order valence-corrected chi connectivity index (χ2v) is 5.18. The third-order valence-electron chi connectivity index (χ3n) is 3.86. The highest BCUT2D eigenvalue weighted by Gasteiger charge is 2.21. The van der Waals surface area contributed by atoms with Gasteiger partial charge in [-0.25, -0.2) is 0 Å². The van der Waals surface area contributed by atoms with Crippen molar-refractivity contribution in [2.45, 2.75) is 25.3 Å². The van der Waals surface area contributed by atoms with Gasteiger partial charge in [-0.05, 0) is 31.9 Å². The Bertz CT molecular complexity index is 513. The van der Waals surface area contributed by atoms with Gasteiger partial charge in [0.05, 0.1) is 27.4 Å². The molecule has 0 radical (unpaired) electrons. The topological polar surface area (TPSA) is 68.8 Å². The fourth-order valence-electron chi connectivity index (χ4n) is 2.71. The Balaban J connectivity index is 1.98. The van der Waals surface area contributed by atoms with Crippen molar-refractivity contribution in [1.29, 1.82) is 0 Å². The van der Waals surface area contributed by atoms with Crippen LogP contribution in [0.5, 0.6) is 17.2 Å². The lowest BCUT2D eigenvalue weighted by Crippen LogP contribution is -2.41. The number of rotatable bonds is 7. The van der Waals surface area contributed by atoms with E-state index in [1.165, 1.54) is 0 Å². The van der Waals surface area contributed by atoms with Crippen molar-refractivity contribution in [2.24, 2.45) is 0 Å². The minimum Gasteiger partial charge on any atom is -0.493 e. The van der Waals surface area contributed by atoms with Crippen molar-refractivity contribution in [3.05, 3.63) is 17.7 Å². The Hall–Kier alpha value is -1.95. The fourth-order valence-corrected chi connectivity index (χ4v) is 2.71. The van der Waals surface area contributed by atoms with E-state index in [4.69, 9.17) is 14.2 Å². The smallest absolute Gasteiger partial charge is 0.237 e. The highest BCUT2D eigenvalue weighted by molar-refractivity contribution is 5.82. The molecule has 6 heteroatoms. The number of benzene rings is 1. The summed E-state index contributed by atoms with van der Waals surface area (Å²) in [6.07, 6.45) is 2.63. The Morgan fingerprint density at radius 1 is 1.23 bits per heavy atom. The first kappa shape index (κ1) is 16.4. The molecule has 2 rings (SSSR count). The second-order valence-electron chi connectivity index (χ2n) is 5.18. The van der Waals surface area contributed by atoms with Gasteiger partial charge in [-0.2, -0.15) is 0 Å². The summed E-state index contributed by atoms with van der Waals surface area (Å²) in [6.45, 7) is 1.48. The van der Waals surface area contributed by atoms with Gasteiger partial charge in [0.2, 0.25) is 11.7 Å². The minimum atomic E-state index is -0.0488. The maximum Gasteiger partial charge on any atom is 0.237 e. The molecule has 122 valence electrons. The zero-order valence-corrected chi connectivity index (χ0v) is 13.4. The van der Waals surface area contributed by atoms with E-state index in [0.29, 0.717) is 30.2 Å². The maximum atomic E-state index is 12.0. The number of hydrogen-bond acceptors (Lipinski definition) is 5. The Morgan fingerprint density at radius 2 is 2.00 bits per heavy atom. The van der Waals surface area contributed by atoms with Crippen LogP contribution in [-0.4, -0.2) is 46.4 Å². The number of amides is 1. The molecule has 22 heavy (non-hydrogen) atoms. The molecule has 0 saturated carbocycles. The highest BCUT2D eigenvalue weighted by atomic mass is 16.5. The lowest BCUT2D eigenvalue weighted by Gasteiger charge is -2.16. The number of methoxy groups -OCH3 is 3. The first-order valence-corrected chi connectivity index (χ1v) is 7.50. The molecular formula is C16H24N2O4. The van der Waals surface area contributed by atoms with E-state index >= 15 is 0 Å². The minimum absolute atomic E-state index is 0.0488. The SMILES string of the molecule is COc1ccc(CCNC(=O)C2CCCN2)c(OC)c1OC. The fraction of sp³-hybridized carbons (Fsp3) is 0.562. The van der Waals surface area contributed by atoms with Crippen molar-refractivity contribution < 1.29 is 19.0 Å². The lowest BCUT2D eigenvalue weighted by atomic mass is 10.1. The summed E-state index contributed by atoms with van der Waals surface area (Å²) in [5.74, 6) is 1.92. The summed E-state index contributed by atoms with van der Waals surface area (Å²) >= 11 is 0. The number of nitrogens with one attached hydrogen (secondary N) is 2. The highest BCUT2D eigenvalue weighted by Crippen LogP contribution is 2.39. The molecule has 6 nitrogen and oxygen atoms in total. The van der Waals surface area contributed by atoms with Gasteiger partial charge in [0.25, 0.3) is 0 Å². The van der Waals surface area contributed by atoms with Gasteiger partial charge in [0.1, 0.15) is 0 Å². The van der Waals surface area contributed by atoms with Gasteiger partial charge < -0.3 is 24.8 Å². The zero-order chi connectivity index (χ0) is 15.9. The molecule has 1 heterocycles. The Labute approximate surface area is 131 Å².